The molecule has 1 aliphatic carbocycles. The molecule has 0 unspecified atom stereocenters. The molecule has 6 heteroatoms. The predicted molar refractivity (Wildman–Crippen MR) is 69.8 cm³/mol. The normalized spacial score (nSPS) is 17.1. The van der Waals surface area contributed by atoms with E-state index in [0.29, 0.717) is 18.9 Å². The molecule has 5 nitrogen and oxygen atoms in total. The molecule has 0 aromatic heterocycles. The highest BCUT2D eigenvalue weighted by Gasteiger charge is 2.32. The topological polar surface area (TPSA) is 74.7 Å². The van der Waals surface area contributed by atoms with Gasteiger partial charge in [-0.1, -0.05) is 20.8 Å². The van der Waals surface area contributed by atoms with E-state index in [0.717, 1.165) is 17.1 Å². The smallest absolute Gasteiger partial charge is 0.318 e. The Kier molecular flexibility index (Phi) is 4.78. The van der Waals surface area contributed by atoms with Crippen LogP contribution in [0.15, 0.2) is 0 Å². The molecule has 0 aromatic rings. The van der Waals surface area contributed by atoms with Crippen LogP contribution in [0, 0.1) is 11.3 Å². The number of nitrogens with zero attached hydrogens (tertiary/aromatic N) is 1. The minimum atomic E-state index is -3.45. The average molecular weight is 277 g/mol. The number of hydrogen-bond acceptors (Lipinski definition) is 3. The summed E-state index contributed by atoms with van der Waals surface area (Å²) in [6.07, 6.45) is 2.55. The fourth-order valence-electron chi connectivity index (χ4n) is 1.58. The van der Waals surface area contributed by atoms with Gasteiger partial charge in [-0.25, -0.2) is 8.42 Å². The molecule has 0 aromatic carbocycles. The second kappa shape index (κ2) is 5.57. The maximum absolute atomic E-state index is 12.1. The van der Waals surface area contributed by atoms with Gasteiger partial charge in [-0.05, 0) is 30.6 Å². The van der Waals surface area contributed by atoms with Crippen molar-refractivity contribution in [3.8, 4) is 0 Å². The molecule has 0 aliphatic heterocycles. The summed E-state index contributed by atoms with van der Waals surface area (Å²) in [5.41, 5.74) is -0.0679. The Hall–Kier alpha value is -0.620. The van der Waals surface area contributed by atoms with E-state index < -0.39 is 22.5 Å². The summed E-state index contributed by atoms with van der Waals surface area (Å²) in [7, 11) is -3.45. The zero-order valence-electron chi connectivity index (χ0n) is 11.3. The average Bonchev–Trinajstić information content (AvgIpc) is 2.96. The van der Waals surface area contributed by atoms with Gasteiger partial charge in [0, 0.05) is 6.54 Å². The first kappa shape index (κ1) is 15.4. The lowest BCUT2D eigenvalue weighted by Gasteiger charge is -2.23. The van der Waals surface area contributed by atoms with Gasteiger partial charge in [-0.15, -0.1) is 0 Å². The minimum absolute atomic E-state index is 0.0243. The molecule has 0 atom stereocenters. The van der Waals surface area contributed by atoms with Gasteiger partial charge in [-0.2, -0.15) is 4.31 Å². The molecule has 1 saturated carbocycles. The molecule has 0 saturated heterocycles. The van der Waals surface area contributed by atoms with Crippen LogP contribution in [-0.4, -0.2) is 42.6 Å². The maximum atomic E-state index is 12.1. The van der Waals surface area contributed by atoms with Crippen molar-refractivity contribution in [1.29, 1.82) is 0 Å². The summed E-state index contributed by atoms with van der Waals surface area (Å²) in [5.74, 6) is -0.708. The monoisotopic (exact) mass is 277 g/mol. The van der Waals surface area contributed by atoms with Gasteiger partial charge in [0.1, 0.15) is 6.54 Å². The molecular weight excluding hydrogens is 254 g/mol. The van der Waals surface area contributed by atoms with Crippen molar-refractivity contribution in [1.82, 2.24) is 4.31 Å². The fraction of sp³-hybridized carbons (Fsp3) is 0.917. The molecule has 0 amide bonds. The van der Waals surface area contributed by atoms with E-state index >= 15 is 0 Å². The Morgan fingerprint density at radius 3 is 2.28 bits per heavy atom. The summed E-state index contributed by atoms with van der Waals surface area (Å²) in [5, 5.41) is 8.80. The molecule has 1 N–H and O–H groups in total. The molecule has 0 spiro atoms. The van der Waals surface area contributed by atoms with Crippen LogP contribution in [0.1, 0.15) is 40.0 Å². The summed E-state index contributed by atoms with van der Waals surface area (Å²) in [4.78, 5) is 10.8. The van der Waals surface area contributed by atoms with E-state index in [1.54, 1.807) is 0 Å². The Morgan fingerprint density at radius 2 is 1.89 bits per heavy atom. The van der Waals surface area contributed by atoms with Crippen molar-refractivity contribution in [2.45, 2.75) is 40.0 Å². The van der Waals surface area contributed by atoms with Crippen LogP contribution in [0.5, 0.6) is 0 Å². The highest BCUT2D eigenvalue weighted by Crippen LogP contribution is 2.31. The number of sulfonamides is 1. The summed E-state index contributed by atoms with van der Waals surface area (Å²) in [6, 6.07) is 0. The van der Waals surface area contributed by atoms with Crippen LogP contribution in [0.25, 0.3) is 0 Å². The number of carbonyl (C=O) groups is 1. The van der Waals surface area contributed by atoms with Crippen LogP contribution >= 0.6 is 0 Å². The molecule has 1 fully saturated rings. The Bertz CT molecular complexity index is 393. The van der Waals surface area contributed by atoms with Gasteiger partial charge in [0.2, 0.25) is 10.0 Å². The molecule has 1 aliphatic rings. The molecule has 106 valence electrons. The van der Waals surface area contributed by atoms with Crippen molar-refractivity contribution < 1.29 is 18.3 Å². The van der Waals surface area contributed by atoms with Crippen molar-refractivity contribution >= 4 is 16.0 Å². The van der Waals surface area contributed by atoms with Gasteiger partial charge in [0.05, 0.1) is 5.75 Å². The number of rotatable bonds is 7. The van der Waals surface area contributed by atoms with Crippen molar-refractivity contribution in [3.63, 3.8) is 0 Å². The van der Waals surface area contributed by atoms with Crippen LogP contribution in [0.4, 0.5) is 0 Å². The first-order valence-electron chi connectivity index (χ1n) is 6.30. The third-order valence-electron chi connectivity index (χ3n) is 2.97. The largest absolute Gasteiger partial charge is 0.480 e. The standard InChI is InChI=1S/C12H23NO4S/c1-12(2,3)6-7-18(16,17)13(9-11(14)15)8-10-4-5-10/h10H,4-9H2,1-3H3,(H,14,15). The number of hydrogen-bond donors (Lipinski definition) is 1. The predicted octanol–water partition coefficient (Wildman–Crippen LogP) is 1.55. The molecule has 1 rings (SSSR count). The Balaban J connectivity index is 2.65. The zero-order chi connectivity index (χ0) is 14.0. The van der Waals surface area contributed by atoms with Crippen molar-refractivity contribution in [3.05, 3.63) is 0 Å². The lowest BCUT2D eigenvalue weighted by molar-refractivity contribution is -0.137. The number of aliphatic carboxylic acids is 1. The first-order chi connectivity index (χ1) is 8.10. The van der Waals surface area contributed by atoms with Crippen molar-refractivity contribution in [2.24, 2.45) is 11.3 Å². The van der Waals surface area contributed by atoms with Gasteiger partial charge in [0.15, 0.2) is 0 Å². The van der Waals surface area contributed by atoms with Crippen molar-refractivity contribution in [2.75, 3.05) is 18.8 Å². The van der Waals surface area contributed by atoms with E-state index in [2.05, 4.69) is 0 Å². The summed E-state index contributed by atoms with van der Waals surface area (Å²) >= 11 is 0. The molecule has 18 heavy (non-hydrogen) atoms. The number of carboxylic acids is 1. The van der Waals surface area contributed by atoms with Crippen LogP contribution in [0.2, 0.25) is 0 Å². The van der Waals surface area contributed by atoms with Crippen LogP contribution in [0.3, 0.4) is 0 Å². The Labute approximate surface area is 109 Å². The fourth-order valence-corrected chi connectivity index (χ4v) is 3.45. The molecule has 0 bridgehead atoms. The van der Waals surface area contributed by atoms with Gasteiger partial charge in [-0.3, -0.25) is 4.79 Å². The van der Waals surface area contributed by atoms with E-state index in [9.17, 15) is 13.2 Å². The van der Waals surface area contributed by atoms with E-state index in [1.165, 1.54) is 0 Å². The number of carboxylic acid groups (broad SMARTS) is 1. The van der Waals surface area contributed by atoms with Gasteiger partial charge < -0.3 is 5.11 Å². The molecule has 0 heterocycles. The second-order valence-electron chi connectivity index (χ2n) is 6.26. The SMILES string of the molecule is CC(C)(C)CCS(=O)(=O)N(CC(=O)O)CC1CC1. The van der Waals surface area contributed by atoms with Gasteiger partial charge >= 0.3 is 5.97 Å². The lowest BCUT2D eigenvalue weighted by atomic mass is 9.94. The Morgan fingerprint density at radius 1 is 1.33 bits per heavy atom. The summed E-state index contributed by atoms with van der Waals surface area (Å²) in [6.45, 7) is 5.88. The third kappa shape index (κ3) is 5.82. The van der Waals surface area contributed by atoms with Crippen LogP contribution in [-0.2, 0) is 14.8 Å². The van der Waals surface area contributed by atoms with Crippen LogP contribution < -0.4 is 0 Å². The highest BCUT2D eigenvalue weighted by atomic mass is 32.2. The molecular formula is C12H23NO4S. The third-order valence-corrected chi connectivity index (χ3v) is 4.76. The van der Waals surface area contributed by atoms with E-state index in [-0.39, 0.29) is 11.2 Å². The molecule has 0 radical (unpaired) electrons. The first-order valence-corrected chi connectivity index (χ1v) is 7.91. The van der Waals surface area contributed by atoms with E-state index in [4.69, 9.17) is 5.11 Å². The maximum Gasteiger partial charge on any atom is 0.318 e. The second-order valence-corrected chi connectivity index (χ2v) is 8.34. The van der Waals surface area contributed by atoms with Gasteiger partial charge in [0.25, 0.3) is 0 Å². The van der Waals surface area contributed by atoms with E-state index in [1.807, 2.05) is 20.8 Å². The quantitative estimate of drug-likeness (QED) is 0.766. The highest BCUT2D eigenvalue weighted by molar-refractivity contribution is 7.89. The zero-order valence-corrected chi connectivity index (χ0v) is 12.2. The summed E-state index contributed by atoms with van der Waals surface area (Å²) < 4.78 is 25.4. The minimum Gasteiger partial charge on any atom is -0.480 e. The lowest BCUT2D eigenvalue weighted by Crippen LogP contribution is -2.39.